The maximum absolute atomic E-state index is 15.1. The van der Waals surface area contributed by atoms with Gasteiger partial charge in [-0.25, -0.2) is 9.37 Å². The molecule has 36 heavy (non-hydrogen) atoms. The number of nitrogens with one attached hydrogen (secondary N) is 2. The number of nitrogens with zero attached hydrogens (tertiary/aromatic N) is 1. The number of pyridine rings is 1. The number of halogens is 1. The van der Waals surface area contributed by atoms with E-state index in [1.165, 1.54) is 6.07 Å². The smallest absolute Gasteiger partial charge is 0.252 e. The van der Waals surface area contributed by atoms with Crippen LogP contribution in [0, 0.1) is 11.7 Å². The van der Waals surface area contributed by atoms with E-state index in [0.29, 0.717) is 29.0 Å². The van der Waals surface area contributed by atoms with Crippen molar-refractivity contribution in [2.24, 2.45) is 5.92 Å². The molecule has 0 radical (unpaired) electrons. The molecule has 4 aromatic rings. The zero-order chi connectivity index (χ0) is 24.9. The molecule has 2 N–H and O–H groups in total. The Morgan fingerprint density at radius 2 is 1.81 bits per heavy atom. The van der Waals surface area contributed by atoms with Crippen molar-refractivity contribution in [1.82, 2.24) is 15.6 Å². The van der Waals surface area contributed by atoms with E-state index in [4.69, 9.17) is 4.98 Å². The summed E-state index contributed by atoms with van der Waals surface area (Å²) in [7, 11) is 0. The first-order chi connectivity index (χ1) is 17.7. The highest BCUT2D eigenvalue weighted by molar-refractivity contribution is 6.09. The normalized spacial score (nSPS) is 16.6. The number of amides is 1. The lowest BCUT2D eigenvalue weighted by Gasteiger charge is -2.26. The SMILES string of the molecule is CCC(NC(=O)c1c(CC2CCCNC2)c(-c2ccccc2)nc2c(F)cccc12)c1ccccc1. The Balaban J connectivity index is 1.68. The van der Waals surface area contributed by atoms with Gasteiger partial charge < -0.3 is 10.6 Å². The van der Waals surface area contributed by atoms with Gasteiger partial charge in [-0.2, -0.15) is 0 Å². The minimum Gasteiger partial charge on any atom is -0.345 e. The molecule has 2 heterocycles. The van der Waals surface area contributed by atoms with Crippen LogP contribution in [0.4, 0.5) is 4.39 Å². The maximum atomic E-state index is 15.1. The van der Waals surface area contributed by atoms with E-state index in [1.54, 1.807) is 6.07 Å². The zero-order valence-corrected chi connectivity index (χ0v) is 20.6. The van der Waals surface area contributed by atoms with E-state index in [-0.39, 0.29) is 17.5 Å². The summed E-state index contributed by atoms with van der Waals surface area (Å²) in [5.41, 5.74) is 4.31. The largest absolute Gasteiger partial charge is 0.345 e. The number of fused-ring (bicyclic) bond motifs is 1. The van der Waals surface area contributed by atoms with Crippen LogP contribution in [0.1, 0.15) is 53.7 Å². The molecule has 1 aliphatic heterocycles. The Morgan fingerprint density at radius 1 is 1.06 bits per heavy atom. The molecule has 4 nitrogen and oxygen atoms in total. The van der Waals surface area contributed by atoms with Crippen molar-refractivity contribution in [2.75, 3.05) is 13.1 Å². The van der Waals surface area contributed by atoms with Crippen LogP contribution in [0.5, 0.6) is 0 Å². The van der Waals surface area contributed by atoms with Gasteiger partial charge in [0.2, 0.25) is 0 Å². The molecule has 1 aliphatic rings. The summed E-state index contributed by atoms with van der Waals surface area (Å²) in [6, 6.07) is 24.6. The quantitative estimate of drug-likeness (QED) is 0.318. The number of piperidine rings is 1. The summed E-state index contributed by atoms with van der Waals surface area (Å²) >= 11 is 0. The fourth-order valence-corrected chi connectivity index (χ4v) is 5.31. The number of rotatable bonds is 7. The van der Waals surface area contributed by atoms with Crippen LogP contribution < -0.4 is 10.6 Å². The molecule has 2 unspecified atom stereocenters. The van der Waals surface area contributed by atoms with Crippen LogP contribution >= 0.6 is 0 Å². The van der Waals surface area contributed by atoms with Crippen molar-refractivity contribution in [2.45, 2.75) is 38.6 Å². The van der Waals surface area contributed by atoms with E-state index in [2.05, 4.69) is 17.6 Å². The maximum Gasteiger partial charge on any atom is 0.252 e. The molecular formula is C31H32FN3O. The second kappa shape index (κ2) is 11.0. The molecule has 5 heteroatoms. The van der Waals surface area contributed by atoms with Gasteiger partial charge in [0, 0.05) is 10.9 Å². The van der Waals surface area contributed by atoms with Crippen LogP contribution in [0.2, 0.25) is 0 Å². The summed E-state index contributed by atoms with van der Waals surface area (Å²) < 4.78 is 15.1. The number of carbonyl (C=O) groups is 1. The van der Waals surface area contributed by atoms with Gasteiger partial charge in [0.05, 0.1) is 17.3 Å². The van der Waals surface area contributed by atoms with Gasteiger partial charge in [0.1, 0.15) is 11.3 Å². The average molecular weight is 482 g/mol. The van der Waals surface area contributed by atoms with E-state index in [0.717, 1.165) is 49.0 Å². The Morgan fingerprint density at radius 3 is 2.50 bits per heavy atom. The van der Waals surface area contributed by atoms with Gasteiger partial charge >= 0.3 is 0 Å². The molecule has 184 valence electrons. The van der Waals surface area contributed by atoms with Crippen molar-refractivity contribution in [3.63, 3.8) is 0 Å². The Hall–Kier alpha value is -3.57. The Bertz CT molecular complexity index is 1330. The topological polar surface area (TPSA) is 54.0 Å². The fraction of sp³-hybridized carbons (Fsp3) is 0.290. The standard InChI is InChI=1S/C31H32FN3O/c1-2-27(22-12-5-3-6-13-22)34-31(36)28-24-16-9-17-26(32)30(24)35-29(23-14-7-4-8-15-23)25(28)19-21-11-10-18-33-20-21/h3-9,12-17,21,27,33H,2,10-11,18-20H2,1H3,(H,34,36). The molecule has 0 bridgehead atoms. The Labute approximate surface area is 212 Å². The third kappa shape index (κ3) is 5.02. The average Bonchev–Trinajstić information content (AvgIpc) is 2.93. The first-order valence-electron chi connectivity index (χ1n) is 12.9. The second-order valence-electron chi connectivity index (χ2n) is 9.58. The molecule has 3 aromatic carbocycles. The van der Waals surface area contributed by atoms with Gasteiger partial charge in [0.25, 0.3) is 5.91 Å². The van der Waals surface area contributed by atoms with Crippen molar-refractivity contribution in [1.29, 1.82) is 0 Å². The molecule has 1 amide bonds. The minimum atomic E-state index is -0.417. The summed E-state index contributed by atoms with van der Waals surface area (Å²) in [5.74, 6) is -0.212. The molecule has 0 saturated carbocycles. The first-order valence-corrected chi connectivity index (χ1v) is 12.9. The van der Waals surface area contributed by atoms with Crippen molar-refractivity contribution < 1.29 is 9.18 Å². The van der Waals surface area contributed by atoms with Gasteiger partial charge in [-0.05, 0) is 61.9 Å². The lowest BCUT2D eigenvalue weighted by molar-refractivity contribution is 0.0936. The van der Waals surface area contributed by atoms with Crippen LogP contribution in [-0.4, -0.2) is 24.0 Å². The molecule has 1 fully saturated rings. The number of para-hydroxylation sites is 1. The second-order valence-corrected chi connectivity index (χ2v) is 9.58. The lowest BCUT2D eigenvalue weighted by atomic mass is 9.86. The summed E-state index contributed by atoms with van der Waals surface area (Å²) in [6.45, 7) is 3.98. The number of carbonyl (C=O) groups excluding carboxylic acids is 1. The Kier molecular flexibility index (Phi) is 7.38. The van der Waals surface area contributed by atoms with E-state index >= 15 is 4.39 Å². The molecule has 1 aromatic heterocycles. The van der Waals surface area contributed by atoms with Gasteiger partial charge in [-0.3, -0.25) is 4.79 Å². The zero-order valence-electron chi connectivity index (χ0n) is 20.6. The van der Waals surface area contributed by atoms with Crippen LogP contribution in [-0.2, 0) is 6.42 Å². The van der Waals surface area contributed by atoms with Gasteiger partial charge in [-0.15, -0.1) is 0 Å². The molecule has 0 aliphatic carbocycles. The number of aromatic nitrogens is 1. The summed E-state index contributed by atoms with van der Waals surface area (Å²) in [4.78, 5) is 18.9. The number of benzene rings is 3. The van der Waals surface area contributed by atoms with Crippen LogP contribution in [0.25, 0.3) is 22.2 Å². The third-order valence-electron chi connectivity index (χ3n) is 7.15. The number of hydrogen-bond acceptors (Lipinski definition) is 3. The highest BCUT2D eigenvalue weighted by Gasteiger charge is 2.27. The first kappa shape index (κ1) is 24.1. The monoisotopic (exact) mass is 481 g/mol. The van der Waals surface area contributed by atoms with Gasteiger partial charge in [-0.1, -0.05) is 79.7 Å². The van der Waals surface area contributed by atoms with E-state index in [9.17, 15) is 4.79 Å². The molecule has 5 rings (SSSR count). The minimum absolute atomic E-state index is 0.139. The van der Waals surface area contributed by atoms with Crippen molar-refractivity contribution in [3.05, 3.63) is 101 Å². The van der Waals surface area contributed by atoms with Crippen molar-refractivity contribution in [3.8, 4) is 11.3 Å². The number of hydrogen-bond donors (Lipinski definition) is 2. The fourth-order valence-electron chi connectivity index (χ4n) is 5.31. The molecule has 1 saturated heterocycles. The van der Waals surface area contributed by atoms with E-state index in [1.807, 2.05) is 66.7 Å². The molecule has 2 atom stereocenters. The lowest BCUT2D eigenvalue weighted by Crippen LogP contribution is -2.33. The summed E-state index contributed by atoms with van der Waals surface area (Å²) in [6.07, 6.45) is 3.65. The van der Waals surface area contributed by atoms with Crippen LogP contribution in [0.15, 0.2) is 78.9 Å². The molecule has 0 spiro atoms. The van der Waals surface area contributed by atoms with E-state index < -0.39 is 5.82 Å². The highest BCUT2D eigenvalue weighted by Crippen LogP contribution is 2.34. The third-order valence-corrected chi connectivity index (χ3v) is 7.15. The highest BCUT2D eigenvalue weighted by atomic mass is 19.1. The molecular weight excluding hydrogens is 449 g/mol. The van der Waals surface area contributed by atoms with Gasteiger partial charge in [0.15, 0.2) is 0 Å². The predicted octanol–water partition coefficient (Wildman–Crippen LogP) is 6.46. The predicted molar refractivity (Wildman–Crippen MR) is 143 cm³/mol. The van der Waals surface area contributed by atoms with Crippen molar-refractivity contribution >= 4 is 16.8 Å². The van der Waals surface area contributed by atoms with Crippen LogP contribution in [0.3, 0.4) is 0 Å². The summed E-state index contributed by atoms with van der Waals surface area (Å²) in [5, 5.41) is 7.32.